The van der Waals surface area contributed by atoms with E-state index in [9.17, 15) is 13.2 Å². The number of rotatable bonds is 1. The number of carbonyl (C=O) groups excluding carboxylic acids is 1. The molecule has 1 aliphatic heterocycles. The summed E-state index contributed by atoms with van der Waals surface area (Å²) in [4.78, 5) is 15.6. The number of fused-ring (bicyclic) bond motifs is 1. The average Bonchev–Trinajstić information content (AvgIpc) is 2.80. The normalized spacial score (nSPS) is 25.2. The topological polar surface area (TPSA) is 54.5 Å². The molecule has 0 saturated carbocycles. The molecule has 0 unspecified atom stereocenters. The van der Waals surface area contributed by atoms with E-state index < -0.39 is 9.84 Å². The highest BCUT2D eigenvalue weighted by Crippen LogP contribution is 2.33. The minimum atomic E-state index is -2.93. The number of nitrogens with zero attached hydrogens (tertiary/aromatic N) is 1. The Kier molecular flexibility index (Phi) is 3.62. The van der Waals surface area contributed by atoms with E-state index in [-0.39, 0.29) is 17.4 Å². The minimum Gasteiger partial charge on any atom is -0.337 e. The van der Waals surface area contributed by atoms with Gasteiger partial charge in [-0.25, -0.2) is 8.42 Å². The van der Waals surface area contributed by atoms with Crippen molar-refractivity contribution in [2.75, 3.05) is 24.6 Å². The molecule has 0 aromatic carbocycles. The molecule has 110 valence electrons. The van der Waals surface area contributed by atoms with Crippen LogP contribution in [0.3, 0.4) is 0 Å². The zero-order valence-corrected chi connectivity index (χ0v) is 13.2. The molecule has 1 saturated heterocycles. The summed E-state index contributed by atoms with van der Waals surface area (Å²) in [5, 5.41) is 1.97. The lowest BCUT2D eigenvalue weighted by Crippen LogP contribution is -2.43. The Morgan fingerprint density at radius 2 is 2.05 bits per heavy atom. The Hall–Kier alpha value is -0.880. The van der Waals surface area contributed by atoms with Crippen LogP contribution >= 0.6 is 11.3 Å². The molecule has 0 spiro atoms. The van der Waals surface area contributed by atoms with Crippen molar-refractivity contribution in [2.24, 2.45) is 5.92 Å². The summed E-state index contributed by atoms with van der Waals surface area (Å²) in [7, 11) is -2.93. The number of hydrogen-bond donors (Lipinski definition) is 0. The molecule has 1 aromatic rings. The van der Waals surface area contributed by atoms with E-state index in [1.807, 2.05) is 5.38 Å². The molecule has 6 heteroatoms. The molecule has 1 aromatic heterocycles. The lowest BCUT2D eigenvalue weighted by atomic mass is 9.88. The average molecular weight is 313 g/mol. The molecule has 1 aliphatic carbocycles. The fourth-order valence-electron chi connectivity index (χ4n) is 2.94. The van der Waals surface area contributed by atoms with Crippen molar-refractivity contribution in [3.8, 4) is 0 Å². The summed E-state index contributed by atoms with van der Waals surface area (Å²) in [5.74, 6) is 0.917. The van der Waals surface area contributed by atoms with E-state index in [1.54, 1.807) is 16.2 Å². The highest BCUT2D eigenvalue weighted by Gasteiger charge is 2.29. The summed E-state index contributed by atoms with van der Waals surface area (Å²) in [6, 6.07) is 0. The molecule has 2 aliphatic rings. The van der Waals surface area contributed by atoms with Crippen molar-refractivity contribution in [1.82, 2.24) is 4.90 Å². The van der Waals surface area contributed by atoms with Crippen LogP contribution in [0.15, 0.2) is 5.38 Å². The van der Waals surface area contributed by atoms with Crippen LogP contribution in [0.5, 0.6) is 0 Å². The number of hydrogen-bond acceptors (Lipinski definition) is 4. The third-order valence-electron chi connectivity index (χ3n) is 4.26. The summed E-state index contributed by atoms with van der Waals surface area (Å²) >= 11 is 1.68. The van der Waals surface area contributed by atoms with Gasteiger partial charge in [-0.15, -0.1) is 11.3 Å². The molecule has 0 radical (unpaired) electrons. The zero-order chi connectivity index (χ0) is 14.3. The first-order valence-electron chi connectivity index (χ1n) is 7.05. The number of sulfone groups is 1. The van der Waals surface area contributed by atoms with Crippen LogP contribution in [-0.4, -0.2) is 43.8 Å². The van der Waals surface area contributed by atoms with Crippen LogP contribution in [0, 0.1) is 5.92 Å². The zero-order valence-electron chi connectivity index (χ0n) is 11.6. The Balaban J connectivity index is 1.79. The van der Waals surface area contributed by atoms with Gasteiger partial charge in [0.15, 0.2) is 9.84 Å². The molecule has 0 bridgehead atoms. The maximum atomic E-state index is 12.6. The molecule has 0 N–H and O–H groups in total. The lowest BCUT2D eigenvalue weighted by Gasteiger charge is -2.27. The molecule has 1 fully saturated rings. The second-order valence-corrected chi connectivity index (χ2v) is 9.11. The van der Waals surface area contributed by atoms with Gasteiger partial charge in [0, 0.05) is 23.3 Å². The molecule has 1 atom stereocenters. The summed E-state index contributed by atoms with van der Waals surface area (Å²) in [6.07, 6.45) is 3.19. The highest BCUT2D eigenvalue weighted by atomic mass is 32.2. The molecular weight excluding hydrogens is 294 g/mol. The predicted octanol–water partition coefficient (Wildman–Crippen LogP) is 1.74. The van der Waals surface area contributed by atoms with Crippen LogP contribution in [0.1, 0.15) is 34.1 Å². The van der Waals surface area contributed by atoms with Crippen LogP contribution in [-0.2, 0) is 22.7 Å². The lowest BCUT2D eigenvalue weighted by molar-refractivity contribution is 0.0769. The second kappa shape index (κ2) is 5.15. The first kappa shape index (κ1) is 14.1. The fourth-order valence-corrected chi connectivity index (χ4v) is 5.38. The minimum absolute atomic E-state index is 0.0203. The van der Waals surface area contributed by atoms with Gasteiger partial charge in [0.2, 0.25) is 0 Å². The van der Waals surface area contributed by atoms with Crippen molar-refractivity contribution < 1.29 is 13.2 Å². The Labute approximate surface area is 123 Å². The van der Waals surface area contributed by atoms with Gasteiger partial charge in [-0.1, -0.05) is 6.92 Å². The van der Waals surface area contributed by atoms with Gasteiger partial charge in [0.05, 0.1) is 17.1 Å². The van der Waals surface area contributed by atoms with Crippen LogP contribution in [0.2, 0.25) is 0 Å². The third-order valence-corrected chi connectivity index (χ3v) is 6.92. The third kappa shape index (κ3) is 2.63. The maximum absolute atomic E-state index is 12.6. The summed E-state index contributed by atoms with van der Waals surface area (Å²) in [6.45, 7) is 2.92. The van der Waals surface area contributed by atoms with Gasteiger partial charge >= 0.3 is 0 Å². The van der Waals surface area contributed by atoms with Gasteiger partial charge in [0.1, 0.15) is 0 Å². The van der Waals surface area contributed by atoms with Crippen LogP contribution in [0.25, 0.3) is 0 Å². The molecule has 4 nitrogen and oxygen atoms in total. The van der Waals surface area contributed by atoms with E-state index in [4.69, 9.17) is 0 Å². The van der Waals surface area contributed by atoms with E-state index in [1.165, 1.54) is 10.4 Å². The van der Waals surface area contributed by atoms with E-state index in [0.717, 1.165) is 24.8 Å². The molecule has 3 rings (SSSR count). The van der Waals surface area contributed by atoms with E-state index in [0.29, 0.717) is 19.0 Å². The van der Waals surface area contributed by atoms with Gasteiger partial charge in [-0.3, -0.25) is 4.79 Å². The van der Waals surface area contributed by atoms with Crippen molar-refractivity contribution in [3.05, 3.63) is 21.4 Å². The fraction of sp³-hybridized carbons (Fsp3) is 0.643. The van der Waals surface area contributed by atoms with Crippen molar-refractivity contribution >= 4 is 27.1 Å². The van der Waals surface area contributed by atoms with E-state index in [2.05, 4.69) is 6.92 Å². The Bertz CT molecular complexity index is 619. The maximum Gasteiger partial charge on any atom is 0.255 e. The van der Waals surface area contributed by atoms with Gasteiger partial charge in [-0.2, -0.15) is 0 Å². The summed E-state index contributed by atoms with van der Waals surface area (Å²) in [5.41, 5.74) is 2.03. The van der Waals surface area contributed by atoms with Crippen LogP contribution < -0.4 is 0 Å². The molecular formula is C14H19NO3S2. The largest absolute Gasteiger partial charge is 0.337 e. The number of carbonyl (C=O) groups is 1. The smallest absolute Gasteiger partial charge is 0.255 e. The monoisotopic (exact) mass is 313 g/mol. The number of amides is 1. The van der Waals surface area contributed by atoms with Crippen molar-refractivity contribution in [2.45, 2.75) is 26.2 Å². The summed E-state index contributed by atoms with van der Waals surface area (Å²) < 4.78 is 22.9. The van der Waals surface area contributed by atoms with Crippen molar-refractivity contribution in [1.29, 1.82) is 0 Å². The van der Waals surface area contributed by atoms with Gasteiger partial charge in [0.25, 0.3) is 5.91 Å². The molecule has 1 amide bonds. The quantitative estimate of drug-likeness (QED) is 0.793. The Morgan fingerprint density at radius 3 is 2.75 bits per heavy atom. The predicted molar refractivity (Wildman–Crippen MR) is 80.1 cm³/mol. The van der Waals surface area contributed by atoms with E-state index >= 15 is 0 Å². The molecule has 2 heterocycles. The Morgan fingerprint density at radius 1 is 1.35 bits per heavy atom. The molecule has 20 heavy (non-hydrogen) atoms. The van der Waals surface area contributed by atoms with Crippen molar-refractivity contribution in [3.63, 3.8) is 0 Å². The first-order valence-corrected chi connectivity index (χ1v) is 9.75. The standard InChI is InChI=1S/C14H19NO3S2/c1-10-2-3-11-12(9-19-13(11)8-10)14(16)15-4-6-20(17,18)7-5-15/h9-10H,2-8H2,1H3/t10-/m1/s1. The number of thiophene rings is 1. The SMILES string of the molecule is C[C@@H]1CCc2c(C(=O)N3CCS(=O)(=O)CC3)csc2C1. The van der Waals surface area contributed by atoms with Gasteiger partial charge < -0.3 is 4.90 Å². The highest BCUT2D eigenvalue weighted by molar-refractivity contribution is 7.91. The van der Waals surface area contributed by atoms with Gasteiger partial charge in [-0.05, 0) is 30.7 Å². The first-order chi connectivity index (χ1) is 9.46. The second-order valence-electron chi connectivity index (χ2n) is 5.84. The van der Waals surface area contributed by atoms with Crippen LogP contribution in [0.4, 0.5) is 0 Å².